The molecule has 3 aromatic rings. The topological polar surface area (TPSA) is 133 Å². The summed E-state index contributed by atoms with van der Waals surface area (Å²) in [5.41, 5.74) is 0.339. The summed E-state index contributed by atoms with van der Waals surface area (Å²) < 4.78 is 42.4. The second kappa shape index (κ2) is 12.4. The van der Waals surface area contributed by atoms with Gasteiger partial charge in [0.05, 0.1) is 24.4 Å². The van der Waals surface area contributed by atoms with Gasteiger partial charge in [-0.3, -0.25) is 19.8 Å². The second-order valence-electron chi connectivity index (χ2n) is 11.8. The molecular weight excluding hydrogens is 573 g/mol. The molecule has 234 valence electrons. The van der Waals surface area contributed by atoms with E-state index in [0.717, 1.165) is 17.4 Å². The first kappa shape index (κ1) is 31.2. The number of hydrogen-bond acceptors (Lipinski definition) is 8. The number of nitriles is 1. The first-order valence-corrected chi connectivity index (χ1v) is 14.6. The zero-order chi connectivity index (χ0) is 31.6. The van der Waals surface area contributed by atoms with Crippen LogP contribution in [-0.4, -0.2) is 98.9 Å². The van der Waals surface area contributed by atoms with Gasteiger partial charge in [-0.15, -0.1) is 0 Å². The Bertz CT molecular complexity index is 1540. The Morgan fingerprint density at radius 3 is 2.64 bits per heavy atom. The number of carbonyl (C=O) groups is 1. The normalized spacial score (nSPS) is 17.4. The number of hydrogen-bond donors (Lipinski definition) is 3. The molecule has 5 heterocycles. The SMILES string of the molecule is CCNc1[nH]ccc1C(=N)c1cnn(C2(CC#N)CN(C3CCN(C(=O)c4cc(CN(C)C)cc(C(F)(F)F)n4)CC3)C2)c1. The van der Waals surface area contributed by atoms with E-state index in [9.17, 15) is 23.2 Å². The number of rotatable bonds is 10. The van der Waals surface area contributed by atoms with Crippen LogP contribution in [0.25, 0.3) is 0 Å². The van der Waals surface area contributed by atoms with Gasteiger partial charge in [0.25, 0.3) is 5.91 Å². The highest BCUT2D eigenvalue weighted by Gasteiger charge is 2.48. The van der Waals surface area contributed by atoms with Crippen LogP contribution in [0.4, 0.5) is 19.0 Å². The van der Waals surface area contributed by atoms with Gasteiger partial charge in [0, 0.05) is 68.8 Å². The third-order valence-corrected chi connectivity index (χ3v) is 8.29. The van der Waals surface area contributed by atoms with Crippen molar-refractivity contribution in [3.05, 3.63) is 64.9 Å². The van der Waals surface area contributed by atoms with Gasteiger partial charge in [0.15, 0.2) is 0 Å². The Hall–Kier alpha value is -4.22. The van der Waals surface area contributed by atoms with E-state index in [-0.39, 0.29) is 24.7 Å². The first-order chi connectivity index (χ1) is 20.9. The van der Waals surface area contributed by atoms with Gasteiger partial charge in [-0.05, 0) is 57.6 Å². The van der Waals surface area contributed by atoms with Crippen molar-refractivity contribution in [1.82, 2.24) is 34.4 Å². The molecule has 2 aliphatic rings. The van der Waals surface area contributed by atoms with E-state index in [4.69, 9.17) is 5.41 Å². The number of amides is 1. The van der Waals surface area contributed by atoms with Gasteiger partial charge < -0.3 is 20.1 Å². The van der Waals surface area contributed by atoms with E-state index in [0.29, 0.717) is 62.4 Å². The molecule has 0 aliphatic carbocycles. The average molecular weight is 611 g/mol. The molecular formula is C30H37F3N10O. The van der Waals surface area contributed by atoms with Crippen molar-refractivity contribution < 1.29 is 18.0 Å². The first-order valence-electron chi connectivity index (χ1n) is 14.6. The van der Waals surface area contributed by atoms with Crippen molar-refractivity contribution >= 4 is 17.4 Å². The summed E-state index contributed by atoms with van der Waals surface area (Å²) in [6, 6.07) is 6.75. The van der Waals surface area contributed by atoms with Crippen molar-refractivity contribution in [2.75, 3.05) is 52.1 Å². The van der Waals surface area contributed by atoms with E-state index in [2.05, 4.69) is 31.4 Å². The second-order valence-corrected chi connectivity index (χ2v) is 11.8. The lowest BCUT2D eigenvalue weighted by atomic mass is 9.83. The van der Waals surface area contributed by atoms with Crippen LogP contribution in [0.3, 0.4) is 0 Å². The molecule has 0 atom stereocenters. The molecule has 0 unspecified atom stereocenters. The summed E-state index contributed by atoms with van der Waals surface area (Å²) in [4.78, 5) is 25.6. The molecule has 0 saturated carbocycles. The number of nitrogens with one attached hydrogen (secondary N) is 3. The molecule has 44 heavy (non-hydrogen) atoms. The van der Waals surface area contributed by atoms with Crippen molar-refractivity contribution in [2.45, 2.75) is 50.5 Å². The predicted molar refractivity (Wildman–Crippen MR) is 158 cm³/mol. The van der Waals surface area contributed by atoms with Crippen molar-refractivity contribution in [1.29, 1.82) is 10.7 Å². The number of pyridine rings is 1. The van der Waals surface area contributed by atoms with Crippen molar-refractivity contribution in [3.63, 3.8) is 0 Å². The molecule has 3 aromatic heterocycles. The van der Waals surface area contributed by atoms with Gasteiger partial charge in [0.2, 0.25) is 0 Å². The van der Waals surface area contributed by atoms with Crippen molar-refractivity contribution in [2.24, 2.45) is 0 Å². The minimum absolute atomic E-state index is 0.167. The van der Waals surface area contributed by atoms with Gasteiger partial charge in [0.1, 0.15) is 22.7 Å². The fourth-order valence-corrected chi connectivity index (χ4v) is 6.11. The van der Waals surface area contributed by atoms with Crippen LogP contribution in [0.15, 0.2) is 36.8 Å². The van der Waals surface area contributed by atoms with E-state index in [1.807, 2.05) is 19.2 Å². The molecule has 14 heteroatoms. The molecule has 5 rings (SSSR count). The smallest absolute Gasteiger partial charge is 0.371 e. The van der Waals surface area contributed by atoms with Crippen molar-refractivity contribution in [3.8, 4) is 6.07 Å². The lowest BCUT2D eigenvalue weighted by Gasteiger charge is -2.53. The molecule has 1 amide bonds. The van der Waals surface area contributed by atoms with E-state index in [1.165, 1.54) is 6.07 Å². The summed E-state index contributed by atoms with van der Waals surface area (Å²) in [5, 5.41) is 26.1. The van der Waals surface area contributed by atoms with Crippen LogP contribution in [0.1, 0.15) is 59.1 Å². The Balaban J connectivity index is 1.22. The van der Waals surface area contributed by atoms with Gasteiger partial charge in [-0.1, -0.05) is 0 Å². The minimum atomic E-state index is -4.65. The number of piperidine rings is 1. The lowest BCUT2D eigenvalue weighted by Crippen LogP contribution is -2.66. The predicted octanol–water partition coefficient (Wildman–Crippen LogP) is 3.76. The number of halogens is 3. The monoisotopic (exact) mass is 610 g/mol. The zero-order valence-electron chi connectivity index (χ0n) is 25.1. The fraction of sp³-hybridized carbons (Fsp3) is 0.500. The highest BCUT2D eigenvalue weighted by Crippen LogP contribution is 2.36. The van der Waals surface area contributed by atoms with Crippen LogP contribution in [0.2, 0.25) is 0 Å². The van der Waals surface area contributed by atoms with Crippen LogP contribution in [0.5, 0.6) is 0 Å². The van der Waals surface area contributed by atoms with Gasteiger partial charge in [-0.2, -0.15) is 23.5 Å². The average Bonchev–Trinajstić information content (AvgIpc) is 3.64. The third kappa shape index (κ3) is 6.34. The maximum absolute atomic E-state index is 13.5. The van der Waals surface area contributed by atoms with Gasteiger partial charge in [-0.25, -0.2) is 4.98 Å². The fourth-order valence-electron chi connectivity index (χ4n) is 6.11. The molecule has 0 radical (unpaired) electrons. The summed E-state index contributed by atoms with van der Waals surface area (Å²) in [6.45, 7) is 4.97. The maximum Gasteiger partial charge on any atom is 0.433 e. The summed E-state index contributed by atoms with van der Waals surface area (Å²) in [5.74, 6) is 0.276. The highest BCUT2D eigenvalue weighted by molar-refractivity contribution is 6.13. The van der Waals surface area contributed by atoms with Crippen LogP contribution >= 0.6 is 0 Å². The molecule has 0 aromatic carbocycles. The van der Waals surface area contributed by atoms with Crippen LogP contribution < -0.4 is 5.32 Å². The summed E-state index contributed by atoms with van der Waals surface area (Å²) in [6.07, 6.45) is 2.20. The molecule has 11 nitrogen and oxygen atoms in total. The molecule has 2 aliphatic heterocycles. The molecule has 0 bridgehead atoms. The third-order valence-electron chi connectivity index (χ3n) is 8.29. The zero-order valence-corrected chi connectivity index (χ0v) is 25.1. The largest absolute Gasteiger partial charge is 0.433 e. The quantitative estimate of drug-likeness (QED) is 0.298. The van der Waals surface area contributed by atoms with E-state index < -0.39 is 23.3 Å². The Morgan fingerprint density at radius 1 is 1.27 bits per heavy atom. The number of nitrogens with zero attached hydrogens (tertiary/aromatic N) is 7. The molecule has 3 N–H and O–H groups in total. The summed E-state index contributed by atoms with van der Waals surface area (Å²) in [7, 11) is 3.50. The number of likely N-dealkylation sites (tertiary alicyclic amines) is 2. The summed E-state index contributed by atoms with van der Waals surface area (Å²) >= 11 is 0. The Kier molecular flexibility index (Phi) is 8.80. The number of aromatic nitrogens is 4. The minimum Gasteiger partial charge on any atom is -0.371 e. The number of carbonyl (C=O) groups excluding carboxylic acids is 1. The van der Waals surface area contributed by atoms with Crippen LogP contribution in [0, 0.1) is 16.7 Å². The number of H-pyrrole nitrogens is 1. The molecule has 2 fully saturated rings. The highest BCUT2D eigenvalue weighted by atomic mass is 19.4. The Labute approximate surface area is 254 Å². The molecule has 2 saturated heterocycles. The number of alkyl halides is 3. The maximum atomic E-state index is 13.5. The van der Waals surface area contributed by atoms with Gasteiger partial charge >= 0.3 is 6.18 Å². The number of aromatic amines is 1. The Morgan fingerprint density at radius 2 is 2.00 bits per heavy atom. The van der Waals surface area contributed by atoms with E-state index >= 15 is 0 Å². The van der Waals surface area contributed by atoms with Crippen LogP contribution in [-0.2, 0) is 18.3 Å². The van der Waals surface area contributed by atoms with E-state index in [1.54, 1.807) is 41.0 Å². The lowest BCUT2D eigenvalue weighted by molar-refractivity contribution is -0.141. The number of anilines is 1. The standard InChI is InChI=1S/C30H37F3N10O/c1-4-36-27-23(5-10-37-27)26(35)21-15-38-43(17-21)29(8-9-34)18-42(19-29)22-6-11-41(12-7-22)28(44)24-13-20(16-40(2)3)14-25(39-24)30(31,32)33/h5,10,13-15,17,22,35-37H,4,6-8,11-12,16,18-19H2,1-3H3. The molecule has 0 spiro atoms.